The molecular weight excluding hydrogens is 611 g/mol. The zero-order valence-corrected chi connectivity index (χ0v) is 28.0. The molecule has 0 radical (unpaired) electrons. The van der Waals surface area contributed by atoms with Crippen LogP contribution in [-0.2, 0) is 12.8 Å². The first-order valence-corrected chi connectivity index (χ1v) is 15.8. The molecule has 1 aliphatic heterocycles. The quantitative estimate of drug-likeness (QED) is 0.272. The van der Waals surface area contributed by atoms with Gasteiger partial charge in [0, 0.05) is 64.3 Å². The fourth-order valence-corrected chi connectivity index (χ4v) is 6.83. The highest BCUT2D eigenvalue weighted by atomic mass is 35.5. The van der Waals surface area contributed by atoms with Crippen LogP contribution in [0.2, 0.25) is 10.0 Å². The minimum atomic E-state index is -0.570. The average Bonchev–Trinajstić information content (AvgIpc) is 3.40. The van der Waals surface area contributed by atoms with Crippen molar-refractivity contribution >= 4 is 35.0 Å². The maximum atomic E-state index is 14.3. The number of primary amides is 1. The fraction of sp³-hybridized carbons (Fsp3) is 0.353. The number of piperazine rings is 1. The van der Waals surface area contributed by atoms with Crippen LogP contribution in [0.3, 0.4) is 0 Å². The lowest BCUT2D eigenvalue weighted by atomic mass is 9.85. The summed E-state index contributed by atoms with van der Waals surface area (Å²) in [4.78, 5) is 34.6. The molecule has 3 heterocycles. The van der Waals surface area contributed by atoms with E-state index in [-0.39, 0.29) is 11.4 Å². The number of nitrogens with zero attached hydrogens (tertiary/aromatic N) is 5. The second kappa shape index (κ2) is 12.8. The number of nitrogens with two attached hydrogens (primary N) is 1. The molecule has 0 unspecified atom stereocenters. The summed E-state index contributed by atoms with van der Waals surface area (Å²) >= 11 is 12.9. The molecule has 2 amide bonds. The largest absolute Gasteiger partial charge is 0.496 e. The summed E-state index contributed by atoms with van der Waals surface area (Å²) in [6.45, 7) is 10.3. The van der Waals surface area contributed by atoms with Crippen LogP contribution < -0.4 is 10.5 Å². The topological polar surface area (TPSA) is 107 Å². The highest BCUT2D eigenvalue weighted by Crippen LogP contribution is 2.43. The Morgan fingerprint density at radius 1 is 0.956 bits per heavy atom. The SMILES string of the molecule is CC.COc1cc2c(cc1-c1cncc(C(N)=O)c1)-c1c(c(C(=O)N3CCN(C)CC3(C)C)nn1-c1cc(Cl)cc(Cl)c1)CC2. The zero-order chi connectivity index (χ0) is 32.6. The van der Waals surface area contributed by atoms with Crippen molar-refractivity contribution in [3.8, 4) is 33.8 Å². The van der Waals surface area contributed by atoms with Crippen molar-refractivity contribution in [2.45, 2.75) is 46.1 Å². The van der Waals surface area contributed by atoms with E-state index in [9.17, 15) is 9.59 Å². The van der Waals surface area contributed by atoms with Crippen LogP contribution >= 0.6 is 23.2 Å². The van der Waals surface area contributed by atoms with Crippen molar-refractivity contribution in [1.29, 1.82) is 0 Å². The summed E-state index contributed by atoms with van der Waals surface area (Å²) in [5.41, 5.74) is 11.5. The van der Waals surface area contributed by atoms with Gasteiger partial charge in [-0.1, -0.05) is 37.0 Å². The molecule has 4 aromatic rings. The predicted molar refractivity (Wildman–Crippen MR) is 179 cm³/mol. The molecule has 236 valence electrons. The zero-order valence-electron chi connectivity index (χ0n) is 26.4. The molecule has 2 N–H and O–H groups in total. The molecule has 9 nitrogen and oxygen atoms in total. The second-order valence-electron chi connectivity index (χ2n) is 11.8. The smallest absolute Gasteiger partial charge is 0.275 e. The summed E-state index contributed by atoms with van der Waals surface area (Å²) in [6, 6.07) is 10.9. The van der Waals surface area contributed by atoms with Crippen LogP contribution in [0.4, 0.5) is 0 Å². The summed E-state index contributed by atoms with van der Waals surface area (Å²) in [7, 11) is 3.68. The number of methoxy groups -OCH3 is 1. The monoisotopic (exact) mass is 648 g/mol. The number of rotatable bonds is 5. The number of halogens is 2. The Hall–Kier alpha value is -3.92. The Balaban J connectivity index is 0.00000196. The molecule has 6 rings (SSSR count). The van der Waals surface area contributed by atoms with Crippen molar-refractivity contribution < 1.29 is 14.3 Å². The molecule has 1 fully saturated rings. The average molecular weight is 650 g/mol. The third-order valence-corrected chi connectivity index (χ3v) is 8.71. The van der Waals surface area contributed by atoms with Crippen LogP contribution in [0, 0.1) is 0 Å². The highest BCUT2D eigenvalue weighted by Gasteiger charge is 2.39. The molecule has 0 bridgehead atoms. The van der Waals surface area contributed by atoms with E-state index < -0.39 is 5.91 Å². The van der Waals surface area contributed by atoms with Gasteiger partial charge in [0.05, 0.1) is 29.6 Å². The molecule has 1 aliphatic carbocycles. The normalized spacial score (nSPS) is 15.4. The van der Waals surface area contributed by atoms with Crippen LogP contribution in [0.15, 0.2) is 48.8 Å². The van der Waals surface area contributed by atoms with E-state index >= 15 is 0 Å². The number of amides is 2. The van der Waals surface area contributed by atoms with Gasteiger partial charge >= 0.3 is 0 Å². The Bertz CT molecular complexity index is 1760. The number of benzene rings is 2. The number of ether oxygens (including phenoxy) is 1. The molecule has 0 atom stereocenters. The van der Waals surface area contributed by atoms with Crippen LogP contribution in [-0.4, -0.2) is 75.7 Å². The molecule has 0 saturated carbocycles. The van der Waals surface area contributed by atoms with Gasteiger partial charge in [0.25, 0.3) is 5.91 Å². The highest BCUT2D eigenvalue weighted by molar-refractivity contribution is 6.34. The molecule has 2 aromatic heterocycles. The Kier molecular flexibility index (Phi) is 9.26. The number of aromatic nitrogens is 3. The van der Waals surface area contributed by atoms with Crippen molar-refractivity contribution in [2.75, 3.05) is 33.8 Å². The van der Waals surface area contributed by atoms with Gasteiger partial charge in [0.1, 0.15) is 5.75 Å². The van der Waals surface area contributed by atoms with Gasteiger partial charge in [-0.05, 0) is 75.7 Å². The van der Waals surface area contributed by atoms with Crippen molar-refractivity contribution in [2.24, 2.45) is 5.73 Å². The van der Waals surface area contributed by atoms with E-state index in [1.165, 1.54) is 6.20 Å². The number of carbonyl (C=O) groups excluding carboxylic acids is 2. The number of pyridine rings is 1. The van der Waals surface area contributed by atoms with Gasteiger partial charge in [-0.2, -0.15) is 5.10 Å². The van der Waals surface area contributed by atoms with Gasteiger partial charge in [-0.15, -0.1) is 0 Å². The lowest BCUT2D eigenvalue weighted by Crippen LogP contribution is -2.60. The van der Waals surface area contributed by atoms with E-state index in [0.717, 1.165) is 41.0 Å². The number of hydrogen-bond donors (Lipinski definition) is 1. The summed E-state index contributed by atoms with van der Waals surface area (Å²) in [5, 5.41) is 5.89. The van der Waals surface area contributed by atoms with Crippen molar-refractivity contribution in [3.05, 3.63) is 81.2 Å². The van der Waals surface area contributed by atoms with E-state index in [1.54, 1.807) is 42.3 Å². The Morgan fingerprint density at radius 2 is 1.67 bits per heavy atom. The standard InChI is InChI=1S/C32H32Cl2N6O3.C2H6/c1-32(2)17-38(3)7-8-39(32)31(42)28-24-6-5-18-10-27(43-4)25(19-9-20(30(35)41)16-36-15-19)14-26(18)29(24)40(37-28)23-12-21(33)11-22(34)13-23;1-2/h9-16H,5-8,17H2,1-4H3,(H2,35,41);1-2H3. The summed E-state index contributed by atoms with van der Waals surface area (Å²) in [6.07, 6.45) is 4.41. The molecule has 1 saturated heterocycles. The predicted octanol–water partition coefficient (Wildman–Crippen LogP) is 6.31. The lowest BCUT2D eigenvalue weighted by molar-refractivity contribution is 0.0242. The first kappa shape index (κ1) is 32.5. The van der Waals surface area contributed by atoms with Crippen LogP contribution in [0.5, 0.6) is 5.75 Å². The molecule has 45 heavy (non-hydrogen) atoms. The fourth-order valence-electron chi connectivity index (χ4n) is 6.31. The van der Waals surface area contributed by atoms with Gasteiger partial charge in [0.15, 0.2) is 5.69 Å². The number of likely N-dealkylation sites (N-methyl/N-ethyl adjacent to an activating group) is 1. The van der Waals surface area contributed by atoms with Crippen molar-refractivity contribution in [1.82, 2.24) is 24.6 Å². The molecule has 2 aliphatic rings. The first-order valence-electron chi connectivity index (χ1n) is 15.0. The lowest BCUT2D eigenvalue weighted by Gasteiger charge is -2.46. The van der Waals surface area contributed by atoms with Gasteiger partial charge in [0.2, 0.25) is 5.91 Å². The minimum absolute atomic E-state index is 0.100. The Labute approximate surface area is 273 Å². The minimum Gasteiger partial charge on any atom is -0.496 e. The second-order valence-corrected chi connectivity index (χ2v) is 12.6. The first-order chi connectivity index (χ1) is 21.5. The van der Waals surface area contributed by atoms with Crippen molar-refractivity contribution in [3.63, 3.8) is 0 Å². The number of hydrogen-bond acceptors (Lipinski definition) is 6. The Morgan fingerprint density at radius 3 is 2.31 bits per heavy atom. The van der Waals surface area contributed by atoms with Crippen LogP contribution in [0.1, 0.15) is 59.7 Å². The molecular formula is C34H38Cl2N6O3. The van der Waals surface area contributed by atoms with Crippen LogP contribution in [0.25, 0.3) is 28.1 Å². The molecule has 2 aromatic carbocycles. The van der Waals surface area contributed by atoms with E-state index in [1.807, 2.05) is 30.9 Å². The molecule has 0 spiro atoms. The van der Waals surface area contributed by atoms with Gasteiger partial charge < -0.3 is 20.3 Å². The van der Waals surface area contributed by atoms with E-state index in [2.05, 4.69) is 30.8 Å². The summed E-state index contributed by atoms with van der Waals surface area (Å²) < 4.78 is 7.56. The number of carbonyl (C=O) groups is 2. The van der Waals surface area contributed by atoms with E-state index in [4.69, 9.17) is 38.8 Å². The maximum Gasteiger partial charge on any atom is 0.275 e. The third kappa shape index (κ3) is 6.17. The molecule has 11 heteroatoms. The van der Waals surface area contributed by atoms with E-state index in [0.29, 0.717) is 57.7 Å². The summed E-state index contributed by atoms with van der Waals surface area (Å²) in [5.74, 6) is -0.0331. The number of aryl methyl sites for hydroxylation is 1. The number of fused-ring (bicyclic) bond motifs is 3. The van der Waals surface area contributed by atoms with Gasteiger partial charge in [-0.3, -0.25) is 14.6 Å². The van der Waals surface area contributed by atoms with Gasteiger partial charge in [-0.25, -0.2) is 4.68 Å². The maximum absolute atomic E-state index is 14.3. The third-order valence-electron chi connectivity index (χ3n) is 8.27.